The summed E-state index contributed by atoms with van der Waals surface area (Å²) in [6, 6.07) is 1.56. The van der Waals surface area contributed by atoms with Crippen LogP contribution in [0.4, 0.5) is 0 Å². The molecule has 1 unspecified atom stereocenters. The van der Waals surface area contributed by atoms with Gasteiger partial charge in [0, 0.05) is 0 Å². The molecule has 0 amide bonds. The van der Waals surface area contributed by atoms with Crippen molar-refractivity contribution in [2.24, 2.45) is 5.92 Å². The maximum absolute atomic E-state index is 2.84. The van der Waals surface area contributed by atoms with Crippen LogP contribution in [0.1, 0.15) is 6.92 Å². The highest BCUT2D eigenvalue weighted by Crippen LogP contribution is 2.20. The lowest BCUT2D eigenvalue weighted by Crippen LogP contribution is -2.45. The molecule has 0 radical (unpaired) electrons. The van der Waals surface area contributed by atoms with Crippen molar-refractivity contribution in [3.63, 3.8) is 0 Å². The minimum absolute atomic E-state index is 0.201. The molecular formula is C7H19NSi2. The third-order valence-corrected chi connectivity index (χ3v) is 10.0. The van der Waals surface area contributed by atoms with Crippen molar-refractivity contribution in [2.75, 3.05) is 6.54 Å². The lowest BCUT2D eigenvalue weighted by molar-refractivity contribution is 0.567. The lowest BCUT2D eigenvalue weighted by Gasteiger charge is -2.29. The topological polar surface area (TPSA) is 3.24 Å². The van der Waals surface area contributed by atoms with E-state index >= 15 is 0 Å². The van der Waals surface area contributed by atoms with Crippen molar-refractivity contribution in [1.29, 1.82) is 0 Å². The summed E-state index contributed by atoms with van der Waals surface area (Å²) < 4.78 is 2.84. The van der Waals surface area contributed by atoms with E-state index < -0.39 is 8.24 Å². The van der Waals surface area contributed by atoms with Gasteiger partial charge >= 0.3 is 0 Å². The zero-order chi connectivity index (χ0) is 7.78. The highest BCUT2D eigenvalue weighted by atomic mass is 28.4. The van der Waals surface area contributed by atoms with Crippen molar-refractivity contribution in [3.05, 3.63) is 0 Å². The Morgan fingerprint density at radius 1 is 1.40 bits per heavy atom. The smallest absolute Gasteiger partial charge is 0.112 e. The van der Waals surface area contributed by atoms with Crippen LogP contribution in [0, 0.1) is 5.92 Å². The normalized spacial score (nSPS) is 31.8. The van der Waals surface area contributed by atoms with Gasteiger partial charge in [0.15, 0.2) is 0 Å². The average molecular weight is 173 g/mol. The summed E-state index contributed by atoms with van der Waals surface area (Å²) in [5, 5.41) is 0. The van der Waals surface area contributed by atoms with E-state index in [1.807, 2.05) is 0 Å². The Hall–Kier alpha value is 0.394. The number of hydrogen-bond acceptors (Lipinski definition) is 1. The second kappa shape index (κ2) is 2.79. The summed E-state index contributed by atoms with van der Waals surface area (Å²) in [6.07, 6.45) is 0. The molecule has 1 saturated heterocycles. The van der Waals surface area contributed by atoms with Gasteiger partial charge in [-0.05, 0) is 18.5 Å². The second-order valence-electron chi connectivity index (χ2n) is 4.51. The predicted octanol–water partition coefficient (Wildman–Crippen LogP) is 1.28. The number of nitrogens with zero attached hydrogens (tertiary/aromatic N) is 1. The standard InChI is InChI=1S/C7H19NSi2/c1-7-5-8(9-6-7)10(2,3)4/h7H,5-6,9H2,1-4H3. The molecule has 1 atom stereocenters. The quantitative estimate of drug-likeness (QED) is 0.540. The Morgan fingerprint density at radius 2 is 2.00 bits per heavy atom. The van der Waals surface area contributed by atoms with E-state index in [1.54, 1.807) is 6.04 Å². The van der Waals surface area contributed by atoms with E-state index in [9.17, 15) is 0 Å². The Morgan fingerprint density at radius 3 is 2.20 bits per heavy atom. The van der Waals surface area contributed by atoms with E-state index in [4.69, 9.17) is 0 Å². The molecule has 0 aromatic rings. The summed E-state index contributed by atoms with van der Waals surface area (Å²) in [5.74, 6) is 1.01. The van der Waals surface area contributed by atoms with Crippen molar-refractivity contribution >= 4 is 17.9 Å². The molecular weight excluding hydrogens is 154 g/mol. The first kappa shape index (κ1) is 8.49. The third kappa shape index (κ3) is 1.94. The van der Waals surface area contributed by atoms with Gasteiger partial charge in [0.05, 0.1) is 9.68 Å². The molecule has 1 rings (SSSR count). The van der Waals surface area contributed by atoms with Gasteiger partial charge in [0.2, 0.25) is 0 Å². The van der Waals surface area contributed by atoms with Crippen LogP contribution in [0.2, 0.25) is 25.7 Å². The Kier molecular flexibility index (Phi) is 2.37. The van der Waals surface area contributed by atoms with E-state index in [-0.39, 0.29) is 9.68 Å². The molecule has 0 aliphatic carbocycles. The average Bonchev–Trinajstić information content (AvgIpc) is 2.11. The first-order valence-corrected chi connectivity index (χ1v) is 9.33. The molecule has 0 spiro atoms. The monoisotopic (exact) mass is 173 g/mol. The molecule has 3 heteroatoms. The molecule has 0 aromatic heterocycles. The zero-order valence-electron chi connectivity index (χ0n) is 7.65. The fourth-order valence-corrected chi connectivity index (χ4v) is 7.03. The largest absolute Gasteiger partial charge is 0.350 e. The summed E-state index contributed by atoms with van der Waals surface area (Å²) in [4.78, 5) is 0. The summed E-state index contributed by atoms with van der Waals surface area (Å²) in [5.41, 5.74) is 0. The molecule has 1 fully saturated rings. The van der Waals surface area contributed by atoms with Crippen molar-refractivity contribution in [1.82, 2.24) is 4.23 Å². The maximum atomic E-state index is 2.84. The fraction of sp³-hybridized carbons (Fsp3) is 1.00. The molecule has 1 nitrogen and oxygen atoms in total. The van der Waals surface area contributed by atoms with Crippen LogP contribution in [0.5, 0.6) is 0 Å². The van der Waals surface area contributed by atoms with Crippen LogP contribution < -0.4 is 0 Å². The first-order valence-electron chi connectivity index (χ1n) is 4.25. The molecule has 0 aromatic carbocycles. The Labute approximate surface area is 67.8 Å². The molecule has 1 aliphatic rings. The van der Waals surface area contributed by atoms with Crippen LogP contribution in [-0.2, 0) is 0 Å². The number of rotatable bonds is 1. The van der Waals surface area contributed by atoms with Crippen molar-refractivity contribution in [2.45, 2.75) is 32.6 Å². The molecule has 0 bridgehead atoms. The Balaban J connectivity index is 2.45. The maximum Gasteiger partial charge on any atom is 0.112 e. The van der Waals surface area contributed by atoms with Crippen molar-refractivity contribution < 1.29 is 0 Å². The second-order valence-corrected chi connectivity index (χ2v) is 11.9. The van der Waals surface area contributed by atoms with Crippen molar-refractivity contribution in [3.8, 4) is 0 Å². The lowest BCUT2D eigenvalue weighted by atomic mass is 10.2. The van der Waals surface area contributed by atoms with E-state index in [1.165, 1.54) is 6.54 Å². The molecule has 1 aliphatic heterocycles. The van der Waals surface area contributed by atoms with Gasteiger partial charge in [-0.2, -0.15) is 0 Å². The highest BCUT2D eigenvalue weighted by molar-refractivity contribution is 6.79. The van der Waals surface area contributed by atoms with Gasteiger partial charge in [-0.1, -0.05) is 26.6 Å². The Bertz CT molecular complexity index is 119. The van der Waals surface area contributed by atoms with Gasteiger partial charge in [-0.15, -0.1) is 0 Å². The van der Waals surface area contributed by atoms with Gasteiger partial charge < -0.3 is 4.23 Å². The molecule has 60 valence electrons. The fourth-order valence-electron chi connectivity index (χ4n) is 1.54. The minimum atomic E-state index is -0.871. The van der Waals surface area contributed by atoms with Gasteiger partial charge in [-0.25, -0.2) is 0 Å². The summed E-state index contributed by atoms with van der Waals surface area (Å²) >= 11 is 0. The van der Waals surface area contributed by atoms with Gasteiger partial charge in [0.25, 0.3) is 0 Å². The van der Waals surface area contributed by atoms with Crippen LogP contribution >= 0.6 is 0 Å². The molecule has 10 heavy (non-hydrogen) atoms. The third-order valence-electron chi connectivity index (χ3n) is 2.37. The van der Waals surface area contributed by atoms with Crippen LogP contribution in [0.25, 0.3) is 0 Å². The molecule has 0 saturated carbocycles. The van der Waals surface area contributed by atoms with Crippen LogP contribution in [-0.4, -0.2) is 28.7 Å². The van der Waals surface area contributed by atoms with Crippen LogP contribution in [0.3, 0.4) is 0 Å². The van der Waals surface area contributed by atoms with Gasteiger partial charge in [0.1, 0.15) is 8.24 Å². The summed E-state index contributed by atoms with van der Waals surface area (Å²) in [7, 11) is -0.670. The zero-order valence-corrected chi connectivity index (χ0v) is 10.1. The molecule has 0 N–H and O–H groups in total. The van der Waals surface area contributed by atoms with E-state index in [0.717, 1.165) is 5.92 Å². The predicted molar refractivity (Wildman–Crippen MR) is 52.6 cm³/mol. The van der Waals surface area contributed by atoms with Crippen LogP contribution in [0.15, 0.2) is 0 Å². The first-order chi connectivity index (χ1) is 4.50. The minimum Gasteiger partial charge on any atom is -0.350 e. The molecule has 1 heterocycles. The summed E-state index contributed by atoms with van der Waals surface area (Å²) in [6.45, 7) is 11.2. The number of hydrogen-bond donors (Lipinski definition) is 0. The SMILES string of the molecule is CC1C[SiH2]N([Si](C)(C)C)C1. The highest BCUT2D eigenvalue weighted by Gasteiger charge is 2.29. The van der Waals surface area contributed by atoms with Gasteiger partial charge in [-0.3, -0.25) is 0 Å². The van der Waals surface area contributed by atoms with E-state index in [2.05, 4.69) is 30.8 Å². The van der Waals surface area contributed by atoms with E-state index in [0.29, 0.717) is 0 Å².